The zero-order valence-corrected chi connectivity index (χ0v) is 26.4. The molecule has 0 aromatic heterocycles. The molecule has 0 fully saturated rings. The minimum atomic E-state index is 0.831. The molecule has 4 aromatic rings. The molecule has 0 radical (unpaired) electrons. The van der Waals surface area contributed by atoms with E-state index >= 15 is 0 Å². The van der Waals surface area contributed by atoms with E-state index in [-0.39, 0.29) is 0 Å². The molecule has 0 amide bonds. The van der Waals surface area contributed by atoms with Crippen molar-refractivity contribution in [3.8, 4) is 22.3 Å². The van der Waals surface area contributed by atoms with Crippen molar-refractivity contribution in [2.75, 3.05) is 0 Å². The predicted octanol–water partition coefficient (Wildman–Crippen LogP) is 11.5. The van der Waals surface area contributed by atoms with E-state index in [0.717, 1.165) is 47.4 Å². The standard InChI is InChI=1S/C34H36N2.BrH.ClH.Ni/c1-5-7-14-29-23-31(19-20-33(29)28-17-12-9-13-18-28)36-34(6-2)26(4)35-32-22-25(3)21-30(24-32)27-15-10-8-11-16-27;;;/h8-13,15-24H,5-7,14H2,1-4H3;2*1H;/q;;;+2/p-2. The Balaban J connectivity index is 0.00000134. The van der Waals surface area contributed by atoms with Crippen LogP contribution in [-0.4, -0.2) is 11.4 Å². The van der Waals surface area contributed by atoms with E-state index in [0.29, 0.717) is 0 Å². The van der Waals surface area contributed by atoms with Crippen LogP contribution >= 0.6 is 24.4 Å². The summed E-state index contributed by atoms with van der Waals surface area (Å²) >= 11 is 3.76. The Kier molecular flexibility index (Phi) is 13.2. The molecule has 0 aliphatic rings. The van der Waals surface area contributed by atoms with Gasteiger partial charge in [-0.2, -0.15) is 0 Å². The van der Waals surface area contributed by atoms with Crippen molar-refractivity contribution < 1.29 is 11.8 Å². The monoisotopic (exact) mass is 644 g/mol. The van der Waals surface area contributed by atoms with Crippen molar-refractivity contribution in [1.82, 2.24) is 0 Å². The van der Waals surface area contributed by atoms with E-state index in [2.05, 4.69) is 133 Å². The van der Waals surface area contributed by atoms with Crippen LogP contribution in [0.5, 0.6) is 0 Å². The molecule has 0 aliphatic heterocycles. The molecule has 0 spiro atoms. The topological polar surface area (TPSA) is 24.7 Å². The molecule has 0 bridgehead atoms. The summed E-state index contributed by atoms with van der Waals surface area (Å²) in [6.45, 7) is 8.60. The van der Waals surface area contributed by atoms with Gasteiger partial charge >= 0.3 is 36.2 Å². The van der Waals surface area contributed by atoms with Gasteiger partial charge in [-0.25, -0.2) is 0 Å². The van der Waals surface area contributed by atoms with Crippen molar-refractivity contribution in [3.63, 3.8) is 0 Å². The third kappa shape index (κ3) is 9.57. The molecule has 0 saturated heterocycles. The second kappa shape index (κ2) is 16.6. The van der Waals surface area contributed by atoms with Gasteiger partial charge in [0.05, 0.1) is 22.8 Å². The SMILES string of the molecule is CCCCc1cc(N=C(CC)C(C)=Nc2cc(C)cc(-c3ccccc3)c2)ccc1-c1ccccc1.[Cl][Ni][Br]. The van der Waals surface area contributed by atoms with Gasteiger partial charge < -0.3 is 0 Å². The molecule has 0 saturated carbocycles. The molecular formula is C34H36BrClN2Ni. The van der Waals surface area contributed by atoms with Crippen molar-refractivity contribution in [3.05, 3.63) is 108 Å². The summed E-state index contributed by atoms with van der Waals surface area (Å²) < 4.78 is 0. The van der Waals surface area contributed by atoms with Crippen LogP contribution in [-0.2, 0) is 18.2 Å². The van der Waals surface area contributed by atoms with E-state index in [1.54, 1.807) is 0 Å². The van der Waals surface area contributed by atoms with E-state index < -0.39 is 0 Å². The summed E-state index contributed by atoms with van der Waals surface area (Å²) in [5.74, 6) is 0. The van der Waals surface area contributed by atoms with Gasteiger partial charge in [0.25, 0.3) is 0 Å². The molecule has 4 rings (SSSR count). The Morgan fingerprint density at radius 2 is 1.41 bits per heavy atom. The molecule has 0 heterocycles. The molecular weight excluding hydrogens is 610 g/mol. The van der Waals surface area contributed by atoms with Crippen LogP contribution in [0, 0.1) is 6.92 Å². The van der Waals surface area contributed by atoms with Gasteiger partial charge in [0.2, 0.25) is 0 Å². The van der Waals surface area contributed by atoms with Gasteiger partial charge in [0, 0.05) is 0 Å². The number of rotatable bonds is 9. The fraction of sp³-hybridized carbons (Fsp3) is 0.235. The fourth-order valence-corrected chi connectivity index (χ4v) is 4.58. The Hall–Kier alpha value is -2.52. The molecule has 2 nitrogen and oxygen atoms in total. The van der Waals surface area contributed by atoms with Crippen molar-refractivity contribution in [1.29, 1.82) is 0 Å². The summed E-state index contributed by atoms with van der Waals surface area (Å²) in [6.07, 6.45) is 4.24. The zero-order chi connectivity index (χ0) is 28.0. The third-order valence-electron chi connectivity index (χ3n) is 6.46. The van der Waals surface area contributed by atoms with Crippen LogP contribution in [0.1, 0.15) is 51.2 Å². The number of nitrogens with zero attached hydrogens (tertiary/aromatic N) is 2. The van der Waals surface area contributed by atoms with Gasteiger partial charge in [-0.1, -0.05) is 93.1 Å². The van der Waals surface area contributed by atoms with Crippen LogP contribution in [0.2, 0.25) is 0 Å². The molecule has 0 unspecified atom stereocenters. The van der Waals surface area contributed by atoms with Gasteiger partial charge in [-0.05, 0) is 90.8 Å². The number of hydrogen-bond donors (Lipinski definition) is 0. The molecule has 5 heteroatoms. The average molecular weight is 647 g/mol. The normalized spacial score (nSPS) is 11.7. The first-order valence-electron chi connectivity index (χ1n) is 13.3. The van der Waals surface area contributed by atoms with Crippen LogP contribution in [0.15, 0.2) is 107 Å². The Labute approximate surface area is 251 Å². The summed E-state index contributed by atoms with van der Waals surface area (Å²) in [5.41, 5.74) is 11.5. The zero-order valence-electron chi connectivity index (χ0n) is 23.0. The quantitative estimate of drug-likeness (QED) is 0.128. The Bertz CT molecular complexity index is 1390. The number of unbranched alkanes of at least 4 members (excludes halogenated alkanes) is 1. The molecule has 0 atom stereocenters. The van der Waals surface area contributed by atoms with Crippen LogP contribution in [0.3, 0.4) is 0 Å². The molecule has 39 heavy (non-hydrogen) atoms. The molecule has 0 aliphatic carbocycles. The van der Waals surface area contributed by atoms with E-state index in [4.69, 9.17) is 20.2 Å². The van der Waals surface area contributed by atoms with Crippen molar-refractivity contribution in [2.45, 2.75) is 53.4 Å². The Morgan fingerprint density at radius 3 is 2.03 bits per heavy atom. The fourth-order valence-electron chi connectivity index (χ4n) is 4.58. The summed E-state index contributed by atoms with van der Waals surface area (Å²) in [7, 11) is 4.85. The number of hydrogen-bond acceptors (Lipinski definition) is 2. The first-order chi connectivity index (χ1) is 19.0. The number of aliphatic imine (C=N–C) groups is 2. The summed E-state index contributed by atoms with van der Waals surface area (Å²) in [4.78, 5) is 10.1. The van der Waals surface area contributed by atoms with Crippen LogP contribution in [0.4, 0.5) is 11.4 Å². The minimum absolute atomic E-state index is 0.831. The maximum absolute atomic E-state index is 5.07. The van der Waals surface area contributed by atoms with Gasteiger partial charge in [0.15, 0.2) is 0 Å². The van der Waals surface area contributed by atoms with Gasteiger partial charge in [0.1, 0.15) is 0 Å². The first kappa shape index (κ1) is 31.0. The van der Waals surface area contributed by atoms with Crippen LogP contribution < -0.4 is 0 Å². The third-order valence-corrected chi connectivity index (χ3v) is 6.46. The summed E-state index contributed by atoms with van der Waals surface area (Å²) in [5, 5.41) is 0. The first-order valence-corrected chi connectivity index (χ1v) is 17.1. The second-order valence-corrected chi connectivity index (χ2v) is 12.2. The van der Waals surface area contributed by atoms with E-state index in [9.17, 15) is 0 Å². The van der Waals surface area contributed by atoms with Crippen molar-refractivity contribution >= 4 is 47.2 Å². The van der Waals surface area contributed by atoms with Gasteiger partial charge in [-0.15, -0.1) is 0 Å². The molecule has 0 N–H and O–H groups in total. The predicted molar refractivity (Wildman–Crippen MR) is 172 cm³/mol. The average Bonchev–Trinajstić information content (AvgIpc) is 2.96. The number of halogens is 2. The van der Waals surface area contributed by atoms with Crippen molar-refractivity contribution in [2.24, 2.45) is 9.98 Å². The Morgan fingerprint density at radius 1 is 0.769 bits per heavy atom. The number of benzene rings is 4. The van der Waals surface area contributed by atoms with E-state index in [1.807, 2.05) is 6.07 Å². The molecule has 206 valence electrons. The summed E-state index contributed by atoms with van der Waals surface area (Å²) in [6, 6.07) is 34.3. The van der Waals surface area contributed by atoms with E-state index in [1.165, 1.54) is 46.2 Å². The second-order valence-electron chi connectivity index (χ2n) is 9.39. The molecule has 4 aromatic carbocycles. The van der Waals surface area contributed by atoms with Gasteiger partial charge in [-0.3, -0.25) is 9.98 Å². The maximum atomic E-state index is 5.07. The van der Waals surface area contributed by atoms with Crippen LogP contribution in [0.25, 0.3) is 22.3 Å². The number of aryl methyl sites for hydroxylation is 2.